The van der Waals surface area contributed by atoms with E-state index in [0.717, 1.165) is 13.0 Å². The molecule has 0 aliphatic heterocycles. The molecule has 0 aromatic heterocycles. The Labute approximate surface area is 75.7 Å². The fourth-order valence-electron chi connectivity index (χ4n) is 1.17. The van der Waals surface area contributed by atoms with Gasteiger partial charge in [0, 0.05) is 13.0 Å². The summed E-state index contributed by atoms with van der Waals surface area (Å²) < 4.78 is 0. The van der Waals surface area contributed by atoms with Crippen molar-refractivity contribution in [3.8, 4) is 0 Å². The van der Waals surface area contributed by atoms with Crippen molar-refractivity contribution < 1.29 is 4.79 Å². The number of rotatable bonds is 5. The van der Waals surface area contributed by atoms with Crippen LogP contribution in [-0.2, 0) is 4.79 Å². The highest BCUT2D eigenvalue weighted by Gasteiger charge is 2.13. The van der Waals surface area contributed by atoms with Crippen molar-refractivity contribution >= 4 is 5.91 Å². The zero-order valence-corrected chi connectivity index (χ0v) is 8.68. The summed E-state index contributed by atoms with van der Waals surface area (Å²) in [5, 5.41) is 2.82. The molecule has 1 N–H and O–H groups in total. The molecule has 0 radical (unpaired) electrons. The lowest BCUT2D eigenvalue weighted by Crippen LogP contribution is -2.26. The quantitative estimate of drug-likeness (QED) is 0.675. The summed E-state index contributed by atoms with van der Waals surface area (Å²) in [5.74, 6) is 1.33. The van der Waals surface area contributed by atoms with E-state index >= 15 is 0 Å². The van der Waals surface area contributed by atoms with Crippen LogP contribution < -0.4 is 5.32 Å². The lowest BCUT2D eigenvalue weighted by Gasteiger charge is -2.17. The van der Waals surface area contributed by atoms with Crippen LogP contribution in [0.25, 0.3) is 0 Å². The van der Waals surface area contributed by atoms with Gasteiger partial charge >= 0.3 is 0 Å². The largest absolute Gasteiger partial charge is 0.356 e. The van der Waals surface area contributed by atoms with Gasteiger partial charge in [0.2, 0.25) is 5.91 Å². The number of carbonyl (C=O) groups excluding carboxylic acids is 1. The van der Waals surface area contributed by atoms with Crippen molar-refractivity contribution in [1.82, 2.24) is 5.32 Å². The van der Waals surface area contributed by atoms with Crippen molar-refractivity contribution in [1.29, 1.82) is 0 Å². The van der Waals surface area contributed by atoms with Gasteiger partial charge in [0.1, 0.15) is 0 Å². The van der Waals surface area contributed by atoms with Gasteiger partial charge in [-0.1, -0.05) is 27.2 Å². The third kappa shape index (κ3) is 4.37. The van der Waals surface area contributed by atoms with Gasteiger partial charge in [-0.25, -0.2) is 0 Å². The average Bonchev–Trinajstić information content (AvgIpc) is 2.03. The molecule has 0 rings (SSSR count). The first-order valence-corrected chi connectivity index (χ1v) is 4.88. The predicted octanol–water partition coefficient (Wildman–Crippen LogP) is 2.19. The number of hydrogen-bond donors (Lipinski definition) is 1. The van der Waals surface area contributed by atoms with Crippen molar-refractivity contribution in [2.24, 2.45) is 11.8 Å². The summed E-state index contributed by atoms with van der Waals surface area (Å²) in [6.45, 7) is 9.20. The van der Waals surface area contributed by atoms with E-state index in [0.29, 0.717) is 18.3 Å². The Morgan fingerprint density at radius 1 is 1.25 bits per heavy atom. The molecule has 0 saturated heterocycles. The summed E-state index contributed by atoms with van der Waals surface area (Å²) in [6, 6.07) is 0. The van der Waals surface area contributed by atoms with Gasteiger partial charge in [-0.2, -0.15) is 0 Å². The third-order valence-corrected chi connectivity index (χ3v) is 2.50. The van der Waals surface area contributed by atoms with Gasteiger partial charge in [-0.3, -0.25) is 4.79 Å². The van der Waals surface area contributed by atoms with E-state index in [1.54, 1.807) is 0 Å². The first-order valence-electron chi connectivity index (χ1n) is 4.88. The highest BCUT2D eigenvalue weighted by molar-refractivity contribution is 5.76. The standard InChI is InChI=1S/C10H21NO/c1-5-8(3)9(4)7-10(12)11-6-2/h8-9H,5-7H2,1-4H3,(H,11,12). The Kier molecular flexibility index (Phi) is 5.77. The summed E-state index contributed by atoms with van der Waals surface area (Å²) >= 11 is 0. The van der Waals surface area contributed by atoms with Crippen molar-refractivity contribution in [2.45, 2.75) is 40.5 Å². The Bertz CT molecular complexity index is 134. The van der Waals surface area contributed by atoms with Gasteiger partial charge in [0.25, 0.3) is 0 Å². The smallest absolute Gasteiger partial charge is 0.220 e. The molecule has 0 fully saturated rings. The highest BCUT2D eigenvalue weighted by Crippen LogP contribution is 2.17. The molecule has 2 heteroatoms. The van der Waals surface area contributed by atoms with Crippen LogP contribution in [0, 0.1) is 11.8 Å². The molecular formula is C10H21NO. The molecule has 0 bridgehead atoms. The normalized spacial score (nSPS) is 15.3. The van der Waals surface area contributed by atoms with Crippen LogP contribution in [0.2, 0.25) is 0 Å². The maximum Gasteiger partial charge on any atom is 0.220 e. The van der Waals surface area contributed by atoms with Crippen molar-refractivity contribution in [3.05, 3.63) is 0 Å². The van der Waals surface area contributed by atoms with E-state index in [4.69, 9.17) is 0 Å². The number of nitrogens with one attached hydrogen (secondary N) is 1. The molecule has 12 heavy (non-hydrogen) atoms. The SMILES string of the molecule is CCNC(=O)CC(C)C(C)CC. The Hall–Kier alpha value is -0.530. The average molecular weight is 171 g/mol. The van der Waals surface area contributed by atoms with Gasteiger partial charge in [-0.05, 0) is 18.8 Å². The first-order chi connectivity index (χ1) is 5.61. The van der Waals surface area contributed by atoms with E-state index < -0.39 is 0 Å². The molecule has 1 amide bonds. The predicted molar refractivity (Wildman–Crippen MR) is 51.9 cm³/mol. The van der Waals surface area contributed by atoms with Crippen LogP contribution in [0.3, 0.4) is 0 Å². The number of amides is 1. The number of hydrogen-bond acceptors (Lipinski definition) is 1. The van der Waals surface area contributed by atoms with E-state index in [1.807, 2.05) is 6.92 Å². The molecule has 0 spiro atoms. The van der Waals surface area contributed by atoms with Gasteiger partial charge in [0.15, 0.2) is 0 Å². The second-order valence-electron chi connectivity index (χ2n) is 3.52. The maximum atomic E-state index is 11.2. The molecule has 72 valence electrons. The minimum atomic E-state index is 0.185. The fourth-order valence-corrected chi connectivity index (χ4v) is 1.17. The minimum Gasteiger partial charge on any atom is -0.356 e. The molecule has 2 nitrogen and oxygen atoms in total. The highest BCUT2D eigenvalue weighted by atomic mass is 16.1. The summed E-state index contributed by atoms with van der Waals surface area (Å²) in [5.41, 5.74) is 0. The molecule has 0 aromatic carbocycles. The zero-order valence-electron chi connectivity index (χ0n) is 8.68. The molecule has 0 saturated carbocycles. The third-order valence-electron chi connectivity index (χ3n) is 2.50. The van der Waals surface area contributed by atoms with Gasteiger partial charge in [-0.15, -0.1) is 0 Å². The monoisotopic (exact) mass is 171 g/mol. The molecule has 0 aliphatic rings. The second-order valence-corrected chi connectivity index (χ2v) is 3.52. The lowest BCUT2D eigenvalue weighted by molar-refractivity contribution is -0.122. The van der Waals surface area contributed by atoms with Gasteiger partial charge < -0.3 is 5.32 Å². The molecule has 0 aliphatic carbocycles. The first kappa shape index (κ1) is 11.5. The fraction of sp³-hybridized carbons (Fsp3) is 0.900. The van der Waals surface area contributed by atoms with E-state index in [1.165, 1.54) is 0 Å². The maximum absolute atomic E-state index is 11.2. The molecular weight excluding hydrogens is 150 g/mol. The Morgan fingerprint density at radius 2 is 1.83 bits per heavy atom. The van der Waals surface area contributed by atoms with Crippen LogP contribution in [0.1, 0.15) is 40.5 Å². The topological polar surface area (TPSA) is 29.1 Å². The Morgan fingerprint density at radius 3 is 2.25 bits per heavy atom. The zero-order chi connectivity index (χ0) is 9.56. The molecule has 2 unspecified atom stereocenters. The van der Waals surface area contributed by atoms with Crippen LogP contribution in [0.5, 0.6) is 0 Å². The second kappa shape index (κ2) is 6.04. The Balaban J connectivity index is 3.67. The van der Waals surface area contributed by atoms with E-state index in [-0.39, 0.29) is 5.91 Å². The molecule has 0 heterocycles. The van der Waals surface area contributed by atoms with Crippen LogP contribution in [0.4, 0.5) is 0 Å². The number of carbonyl (C=O) groups is 1. The lowest BCUT2D eigenvalue weighted by atomic mass is 9.90. The van der Waals surface area contributed by atoms with E-state index in [2.05, 4.69) is 26.1 Å². The van der Waals surface area contributed by atoms with Crippen molar-refractivity contribution in [3.63, 3.8) is 0 Å². The molecule has 2 atom stereocenters. The molecule has 0 aromatic rings. The van der Waals surface area contributed by atoms with Gasteiger partial charge in [0.05, 0.1) is 0 Å². The summed E-state index contributed by atoms with van der Waals surface area (Å²) in [4.78, 5) is 11.2. The summed E-state index contributed by atoms with van der Waals surface area (Å²) in [7, 11) is 0. The van der Waals surface area contributed by atoms with Crippen LogP contribution >= 0.6 is 0 Å². The van der Waals surface area contributed by atoms with Crippen molar-refractivity contribution in [2.75, 3.05) is 6.54 Å². The van der Waals surface area contributed by atoms with Crippen LogP contribution in [-0.4, -0.2) is 12.5 Å². The summed E-state index contributed by atoms with van der Waals surface area (Å²) in [6.07, 6.45) is 1.82. The minimum absolute atomic E-state index is 0.185. The van der Waals surface area contributed by atoms with Crippen LogP contribution in [0.15, 0.2) is 0 Å². The van der Waals surface area contributed by atoms with E-state index in [9.17, 15) is 4.79 Å².